The smallest absolute Gasteiger partial charge is 0.263 e. The van der Waals surface area contributed by atoms with Gasteiger partial charge in [-0.25, -0.2) is 0 Å². The summed E-state index contributed by atoms with van der Waals surface area (Å²) in [4.78, 5) is 9.24. The molecule has 0 radical (unpaired) electrons. The van der Waals surface area contributed by atoms with Crippen LogP contribution in [-0.2, 0) is 0 Å². The number of nitro groups is 1. The van der Waals surface area contributed by atoms with Crippen LogP contribution in [0.3, 0.4) is 0 Å². The van der Waals surface area contributed by atoms with Gasteiger partial charge in [0.2, 0.25) is 0 Å². The van der Waals surface area contributed by atoms with Gasteiger partial charge in [0, 0.05) is 11.1 Å². The predicted octanol–water partition coefficient (Wildman–Crippen LogP) is 0.644. The SMILES string of the molecule is [2H]C([2H])([2H])N/C(=C/[N+](=O)[O-])SC. The number of hydrogen-bond acceptors (Lipinski definition) is 4. The Morgan fingerprint density at radius 3 is 3.11 bits per heavy atom. The van der Waals surface area contributed by atoms with E-state index in [0.29, 0.717) is 6.20 Å². The molecule has 0 aliphatic rings. The van der Waals surface area contributed by atoms with Crippen LogP contribution in [-0.4, -0.2) is 18.2 Å². The van der Waals surface area contributed by atoms with Crippen molar-refractivity contribution in [2.24, 2.45) is 0 Å². The molecule has 0 saturated heterocycles. The van der Waals surface area contributed by atoms with Crippen molar-refractivity contribution < 1.29 is 9.04 Å². The normalized spacial score (nSPS) is 17.4. The van der Waals surface area contributed by atoms with E-state index >= 15 is 0 Å². The van der Waals surface area contributed by atoms with Crippen LogP contribution in [0.5, 0.6) is 0 Å². The Balaban J connectivity index is 4.28. The molecule has 0 amide bonds. The summed E-state index contributed by atoms with van der Waals surface area (Å²) >= 11 is 0.973. The first kappa shape index (κ1) is 4.16. The van der Waals surface area contributed by atoms with Gasteiger partial charge in [0.25, 0.3) is 6.20 Å². The van der Waals surface area contributed by atoms with Gasteiger partial charge < -0.3 is 5.32 Å². The van der Waals surface area contributed by atoms with Crippen molar-refractivity contribution >= 4 is 11.8 Å². The first-order valence-electron chi connectivity index (χ1n) is 3.52. The molecule has 5 heteroatoms. The van der Waals surface area contributed by atoms with Crippen LogP contribution in [0.25, 0.3) is 0 Å². The maximum absolute atomic E-state index is 9.95. The largest absolute Gasteiger partial charge is 0.378 e. The molecular formula is C4H8N2O2S. The molecule has 0 spiro atoms. The van der Waals surface area contributed by atoms with Gasteiger partial charge in [-0.1, -0.05) is 0 Å². The Morgan fingerprint density at radius 2 is 2.78 bits per heavy atom. The maximum atomic E-state index is 9.95. The Morgan fingerprint density at radius 1 is 2.11 bits per heavy atom. The molecule has 9 heavy (non-hydrogen) atoms. The average molecular weight is 151 g/mol. The van der Waals surface area contributed by atoms with Crippen LogP contribution >= 0.6 is 11.8 Å². The van der Waals surface area contributed by atoms with E-state index in [9.17, 15) is 10.1 Å². The van der Waals surface area contributed by atoms with E-state index in [2.05, 4.69) is 0 Å². The van der Waals surface area contributed by atoms with Gasteiger partial charge in [0.15, 0.2) is 0 Å². The second-order valence-corrected chi connectivity index (χ2v) is 1.96. The van der Waals surface area contributed by atoms with Crippen LogP contribution in [0.15, 0.2) is 11.2 Å². The van der Waals surface area contributed by atoms with E-state index in [1.54, 1.807) is 6.26 Å². The van der Waals surface area contributed by atoms with E-state index in [0.717, 1.165) is 11.8 Å². The molecule has 0 aromatic rings. The summed E-state index contributed by atoms with van der Waals surface area (Å²) < 4.78 is 20.3. The van der Waals surface area contributed by atoms with Crippen LogP contribution in [0, 0.1) is 10.1 Å². The molecule has 0 aromatic heterocycles. The Hall–Kier alpha value is -0.710. The molecule has 0 fully saturated rings. The first-order valence-corrected chi connectivity index (χ1v) is 3.25. The molecule has 0 saturated carbocycles. The third kappa shape index (κ3) is 3.84. The third-order valence-corrected chi connectivity index (χ3v) is 1.21. The van der Waals surface area contributed by atoms with Gasteiger partial charge in [0.1, 0.15) is 5.03 Å². The highest BCUT2D eigenvalue weighted by atomic mass is 32.2. The van der Waals surface area contributed by atoms with Gasteiger partial charge in [-0.15, -0.1) is 11.8 Å². The number of rotatable bonds is 3. The molecule has 52 valence electrons. The molecule has 1 N–H and O–H groups in total. The number of thioether (sulfide) groups is 1. The summed E-state index contributed by atoms with van der Waals surface area (Å²) in [6.45, 7) is -2.38. The summed E-state index contributed by atoms with van der Waals surface area (Å²) in [5.74, 6) is 0. The molecule has 0 aromatic carbocycles. The highest BCUT2D eigenvalue weighted by Gasteiger charge is 1.94. The lowest BCUT2D eigenvalue weighted by Gasteiger charge is -1.94. The summed E-state index contributed by atoms with van der Waals surface area (Å²) in [5.41, 5.74) is 0. The minimum Gasteiger partial charge on any atom is -0.378 e. The lowest BCUT2D eigenvalue weighted by atomic mass is 10.9. The van der Waals surface area contributed by atoms with Crippen LogP contribution in [0.2, 0.25) is 0 Å². The Labute approximate surface area is 61.7 Å². The number of nitrogens with one attached hydrogen (secondary N) is 1. The molecule has 0 heterocycles. The van der Waals surface area contributed by atoms with Crippen LogP contribution in [0.4, 0.5) is 0 Å². The molecule has 0 aliphatic carbocycles. The Kier molecular flexibility index (Phi) is 1.94. The quantitative estimate of drug-likeness (QED) is 0.475. The zero-order valence-electron chi connectivity index (χ0n) is 7.75. The van der Waals surface area contributed by atoms with Crippen LogP contribution < -0.4 is 5.32 Å². The van der Waals surface area contributed by atoms with Crippen molar-refractivity contribution in [1.82, 2.24) is 5.32 Å². The van der Waals surface area contributed by atoms with E-state index in [-0.39, 0.29) is 5.03 Å². The zero-order chi connectivity index (χ0) is 9.78. The van der Waals surface area contributed by atoms with Gasteiger partial charge in [-0.2, -0.15) is 0 Å². The monoisotopic (exact) mass is 151 g/mol. The van der Waals surface area contributed by atoms with Gasteiger partial charge >= 0.3 is 0 Å². The summed E-state index contributed by atoms with van der Waals surface area (Å²) in [6.07, 6.45) is 2.17. The van der Waals surface area contributed by atoms with E-state index in [4.69, 9.17) is 4.11 Å². The molecule has 0 atom stereocenters. The summed E-state index contributed by atoms with van der Waals surface area (Å²) in [7, 11) is 0. The number of hydrogen-bond donors (Lipinski definition) is 1. The van der Waals surface area contributed by atoms with Crippen LogP contribution in [0.1, 0.15) is 4.11 Å². The molecule has 0 unspecified atom stereocenters. The molecule has 4 nitrogen and oxygen atoms in total. The lowest BCUT2D eigenvalue weighted by molar-refractivity contribution is -0.403. The lowest BCUT2D eigenvalue weighted by Crippen LogP contribution is -2.03. The highest BCUT2D eigenvalue weighted by molar-refractivity contribution is 8.02. The van der Waals surface area contributed by atoms with Gasteiger partial charge in [-0.05, 0) is 6.26 Å². The fourth-order valence-corrected chi connectivity index (χ4v) is 0.525. The standard InChI is InChI=1S/C4H8N2O2S/c1-5-4(9-2)3-6(7)8/h3,5H,1-2H3/b4-3-/i1D3. The van der Waals surface area contributed by atoms with Crippen molar-refractivity contribution in [3.63, 3.8) is 0 Å². The second-order valence-electron chi connectivity index (χ2n) is 1.11. The zero-order valence-corrected chi connectivity index (χ0v) is 5.57. The average Bonchev–Trinajstić information content (AvgIpc) is 1.82. The highest BCUT2D eigenvalue weighted by Crippen LogP contribution is 2.04. The predicted molar refractivity (Wildman–Crippen MR) is 37.7 cm³/mol. The minimum absolute atomic E-state index is 0.0139. The summed E-state index contributed by atoms with van der Waals surface area (Å²) in [6, 6.07) is 0. The van der Waals surface area contributed by atoms with Crippen molar-refractivity contribution in [1.29, 1.82) is 0 Å². The van der Waals surface area contributed by atoms with E-state index in [1.807, 2.05) is 5.32 Å². The topological polar surface area (TPSA) is 55.2 Å². The Bertz CT molecular complexity index is 203. The fraction of sp³-hybridized carbons (Fsp3) is 0.500. The van der Waals surface area contributed by atoms with Gasteiger partial charge in [-0.3, -0.25) is 10.1 Å². The summed E-state index contributed by atoms with van der Waals surface area (Å²) in [5, 5.41) is 12.0. The van der Waals surface area contributed by atoms with E-state index < -0.39 is 11.9 Å². The molecule has 0 rings (SSSR count). The fourth-order valence-electron chi connectivity index (χ4n) is 0.232. The molecular weight excluding hydrogens is 140 g/mol. The second kappa shape index (κ2) is 4.20. The van der Waals surface area contributed by atoms with Crippen molar-refractivity contribution in [3.05, 3.63) is 21.3 Å². The third-order valence-electron chi connectivity index (χ3n) is 0.566. The van der Waals surface area contributed by atoms with Crippen molar-refractivity contribution in [2.75, 3.05) is 13.2 Å². The molecule has 0 bridgehead atoms. The van der Waals surface area contributed by atoms with Gasteiger partial charge in [0.05, 0.1) is 4.92 Å². The molecule has 0 aliphatic heterocycles. The van der Waals surface area contributed by atoms with Crippen molar-refractivity contribution in [3.8, 4) is 0 Å². The number of nitrogens with zero attached hydrogens (tertiary/aromatic N) is 1. The maximum Gasteiger partial charge on any atom is 0.263 e. The first-order chi connectivity index (χ1) is 5.35. The van der Waals surface area contributed by atoms with E-state index in [1.165, 1.54) is 0 Å². The van der Waals surface area contributed by atoms with Crippen molar-refractivity contribution in [2.45, 2.75) is 0 Å². The minimum atomic E-state index is -2.38.